The van der Waals surface area contributed by atoms with Crippen molar-refractivity contribution < 1.29 is 17.9 Å². The zero-order valence-corrected chi connectivity index (χ0v) is 19.0. The maximum atomic E-state index is 13.1. The third-order valence-electron chi connectivity index (χ3n) is 5.42. The molecule has 1 fully saturated rings. The quantitative estimate of drug-likeness (QED) is 0.544. The maximum Gasteiger partial charge on any atom is 0.315 e. The van der Waals surface area contributed by atoms with Gasteiger partial charge in [0.1, 0.15) is 12.7 Å². The van der Waals surface area contributed by atoms with Crippen molar-refractivity contribution in [1.82, 2.24) is 29.7 Å². The van der Waals surface area contributed by atoms with Crippen LogP contribution in [0, 0.1) is 0 Å². The number of carbonyl (C=O) groups excluding carboxylic acids is 1. The van der Waals surface area contributed by atoms with Crippen molar-refractivity contribution in [2.45, 2.75) is 24.4 Å². The minimum absolute atomic E-state index is 0.0868. The van der Waals surface area contributed by atoms with Gasteiger partial charge in [-0.25, -0.2) is 22.9 Å². The Kier molecular flexibility index (Phi) is 7.02. The molecule has 33 heavy (non-hydrogen) atoms. The highest BCUT2D eigenvalue weighted by Crippen LogP contribution is 2.21. The first-order valence-electron chi connectivity index (χ1n) is 10.6. The molecule has 11 heteroatoms. The van der Waals surface area contributed by atoms with Crippen LogP contribution in [0.3, 0.4) is 0 Å². The van der Waals surface area contributed by atoms with Crippen LogP contribution in [0.15, 0.2) is 66.1 Å². The third-order valence-corrected chi connectivity index (χ3v) is 7.42. The number of aromatic nitrogens is 3. The minimum Gasteiger partial charge on any atom is -0.379 e. The van der Waals surface area contributed by atoms with Crippen LogP contribution in [0.2, 0.25) is 0 Å². The predicted octanol–water partition coefficient (Wildman–Crippen LogP) is 1.85. The Balaban J connectivity index is 1.37. The van der Waals surface area contributed by atoms with E-state index in [1.165, 1.54) is 10.6 Å². The van der Waals surface area contributed by atoms with E-state index in [-0.39, 0.29) is 23.5 Å². The van der Waals surface area contributed by atoms with E-state index < -0.39 is 10.0 Å². The maximum absolute atomic E-state index is 13.1. The van der Waals surface area contributed by atoms with E-state index in [2.05, 4.69) is 20.7 Å². The van der Waals surface area contributed by atoms with Crippen LogP contribution in [0.1, 0.15) is 24.1 Å². The summed E-state index contributed by atoms with van der Waals surface area (Å²) in [6.07, 6.45) is 3.08. The fourth-order valence-electron chi connectivity index (χ4n) is 3.59. The molecule has 2 N–H and O–H groups in total. The van der Waals surface area contributed by atoms with E-state index in [1.807, 2.05) is 31.2 Å². The lowest BCUT2D eigenvalue weighted by Crippen LogP contribution is -2.41. The Bertz CT molecular complexity index is 1180. The molecular formula is C22H26N6O4S. The van der Waals surface area contributed by atoms with Gasteiger partial charge in [0.15, 0.2) is 0 Å². The molecule has 1 atom stereocenters. The van der Waals surface area contributed by atoms with Gasteiger partial charge in [0.2, 0.25) is 10.0 Å². The van der Waals surface area contributed by atoms with Crippen molar-refractivity contribution in [1.29, 1.82) is 0 Å². The molecule has 1 aliphatic heterocycles. The SMILES string of the molecule is CC(NC(=O)NCc1ccccc1S(=O)(=O)N1CCOCC1)c1ccc(-n2cncn2)cc1. The second-order valence-electron chi connectivity index (χ2n) is 7.60. The molecule has 1 aromatic heterocycles. The van der Waals surface area contributed by atoms with E-state index >= 15 is 0 Å². The average Bonchev–Trinajstić information content (AvgIpc) is 3.39. The van der Waals surface area contributed by atoms with Gasteiger partial charge < -0.3 is 15.4 Å². The number of hydrogen-bond acceptors (Lipinski definition) is 6. The second-order valence-corrected chi connectivity index (χ2v) is 9.51. The summed E-state index contributed by atoms with van der Waals surface area (Å²) in [6, 6.07) is 13.7. The Labute approximate surface area is 192 Å². The molecular weight excluding hydrogens is 444 g/mol. The average molecular weight is 471 g/mol. The van der Waals surface area contributed by atoms with Crippen molar-refractivity contribution in [2.75, 3.05) is 26.3 Å². The minimum atomic E-state index is -3.66. The normalized spacial score (nSPS) is 15.7. The van der Waals surface area contributed by atoms with Crippen molar-refractivity contribution >= 4 is 16.1 Å². The van der Waals surface area contributed by atoms with E-state index in [0.29, 0.717) is 31.9 Å². The highest BCUT2D eigenvalue weighted by molar-refractivity contribution is 7.89. The number of carbonyl (C=O) groups is 1. The Morgan fingerprint density at radius 3 is 2.55 bits per heavy atom. The smallest absolute Gasteiger partial charge is 0.315 e. The van der Waals surface area contributed by atoms with E-state index in [9.17, 15) is 13.2 Å². The number of urea groups is 1. The number of amides is 2. The molecule has 1 aliphatic rings. The van der Waals surface area contributed by atoms with Crippen LogP contribution in [0.5, 0.6) is 0 Å². The highest BCUT2D eigenvalue weighted by Gasteiger charge is 2.28. The van der Waals surface area contributed by atoms with Crippen LogP contribution in [-0.2, 0) is 21.3 Å². The number of sulfonamides is 1. The molecule has 1 unspecified atom stereocenters. The van der Waals surface area contributed by atoms with Gasteiger partial charge in [-0.05, 0) is 36.2 Å². The summed E-state index contributed by atoms with van der Waals surface area (Å²) in [5.41, 5.74) is 2.32. The lowest BCUT2D eigenvalue weighted by molar-refractivity contribution is 0.0730. The molecule has 3 aromatic rings. The number of nitrogens with zero attached hydrogens (tertiary/aromatic N) is 4. The lowest BCUT2D eigenvalue weighted by atomic mass is 10.1. The molecule has 1 saturated heterocycles. The summed E-state index contributed by atoms with van der Waals surface area (Å²) in [7, 11) is -3.66. The van der Waals surface area contributed by atoms with Crippen LogP contribution < -0.4 is 10.6 Å². The Morgan fingerprint density at radius 1 is 1.12 bits per heavy atom. The number of hydrogen-bond donors (Lipinski definition) is 2. The lowest BCUT2D eigenvalue weighted by Gasteiger charge is -2.27. The summed E-state index contributed by atoms with van der Waals surface area (Å²) in [6.45, 7) is 3.35. The zero-order chi connectivity index (χ0) is 23.3. The largest absolute Gasteiger partial charge is 0.379 e. The van der Waals surface area contributed by atoms with Crippen LogP contribution in [0.4, 0.5) is 4.79 Å². The van der Waals surface area contributed by atoms with Crippen molar-refractivity contribution in [2.24, 2.45) is 0 Å². The third kappa shape index (κ3) is 5.38. The number of nitrogens with one attached hydrogen (secondary N) is 2. The second kappa shape index (κ2) is 10.1. The summed E-state index contributed by atoms with van der Waals surface area (Å²) < 4.78 is 34.4. The zero-order valence-electron chi connectivity index (χ0n) is 18.2. The number of morpholine rings is 1. The number of ether oxygens (including phenoxy) is 1. The molecule has 0 saturated carbocycles. The van der Waals surface area contributed by atoms with E-state index in [0.717, 1.165) is 11.3 Å². The predicted molar refractivity (Wildman–Crippen MR) is 121 cm³/mol. The number of benzene rings is 2. The highest BCUT2D eigenvalue weighted by atomic mass is 32.2. The van der Waals surface area contributed by atoms with Crippen molar-refractivity contribution in [3.8, 4) is 5.69 Å². The number of rotatable bonds is 7. The molecule has 2 heterocycles. The molecule has 0 radical (unpaired) electrons. The first-order chi connectivity index (χ1) is 15.9. The molecule has 174 valence electrons. The van der Waals surface area contributed by atoms with Gasteiger partial charge in [-0.15, -0.1) is 0 Å². The van der Waals surface area contributed by atoms with E-state index in [4.69, 9.17) is 4.74 Å². The molecule has 10 nitrogen and oxygen atoms in total. The van der Waals surface area contributed by atoms with Gasteiger partial charge in [0.25, 0.3) is 0 Å². The molecule has 2 amide bonds. The van der Waals surface area contributed by atoms with Crippen LogP contribution in [0.25, 0.3) is 5.69 Å². The monoisotopic (exact) mass is 470 g/mol. The topological polar surface area (TPSA) is 118 Å². The molecule has 4 rings (SSSR count). The molecule has 0 spiro atoms. The van der Waals surface area contributed by atoms with Gasteiger partial charge in [0.05, 0.1) is 29.8 Å². The van der Waals surface area contributed by atoms with E-state index in [1.54, 1.807) is 35.3 Å². The molecule has 0 bridgehead atoms. The van der Waals surface area contributed by atoms with Crippen LogP contribution >= 0.6 is 0 Å². The first kappa shape index (κ1) is 22.9. The molecule has 2 aromatic carbocycles. The summed E-state index contributed by atoms with van der Waals surface area (Å²) in [4.78, 5) is 16.6. The Hall–Kier alpha value is -3.28. The summed E-state index contributed by atoms with van der Waals surface area (Å²) >= 11 is 0. The summed E-state index contributed by atoms with van der Waals surface area (Å²) in [5.74, 6) is 0. The van der Waals surface area contributed by atoms with Gasteiger partial charge in [-0.3, -0.25) is 0 Å². The van der Waals surface area contributed by atoms with Gasteiger partial charge in [0, 0.05) is 19.6 Å². The van der Waals surface area contributed by atoms with Gasteiger partial charge in [-0.2, -0.15) is 9.40 Å². The van der Waals surface area contributed by atoms with Gasteiger partial charge >= 0.3 is 6.03 Å². The fraction of sp³-hybridized carbons (Fsp3) is 0.318. The van der Waals surface area contributed by atoms with Crippen LogP contribution in [-0.4, -0.2) is 59.8 Å². The fourth-order valence-corrected chi connectivity index (χ4v) is 5.22. The molecule has 0 aliphatic carbocycles. The van der Waals surface area contributed by atoms with Crippen molar-refractivity contribution in [3.63, 3.8) is 0 Å². The Morgan fingerprint density at radius 2 is 1.85 bits per heavy atom. The van der Waals surface area contributed by atoms with Crippen molar-refractivity contribution in [3.05, 3.63) is 72.3 Å². The first-order valence-corrected chi connectivity index (χ1v) is 12.0. The summed E-state index contributed by atoms with van der Waals surface area (Å²) in [5, 5.41) is 9.74. The standard InChI is InChI=1S/C22H26N6O4S/c1-17(18-6-8-20(9-7-18)28-16-23-15-25-28)26-22(29)24-14-19-4-2-3-5-21(19)33(30,31)27-10-12-32-13-11-27/h2-9,15-17H,10-14H2,1H3,(H2,24,26,29). The van der Waals surface area contributed by atoms with Gasteiger partial charge in [-0.1, -0.05) is 30.3 Å².